The molecule has 0 saturated heterocycles. The number of nitrogens with zero attached hydrogens (tertiary/aromatic N) is 1. The lowest BCUT2D eigenvalue weighted by Crippen LogP contribution is -2.54. The molecule has 1 aromatic carbocycles. The Hall–Kier alpha value is -2.22. The third-order valence-electron chi connectivity index (χ3n) is 5.14. The number of aryl methyl sites for hydroxylation is 1. The van der Waals surface area contributed by atoms with Crippen LogP contribution in [-0.2, 0) is 14.3 Å². The lowest BCUT2D eigenvalue weighted by molar-refractivity contribution is -0.142. The van der Waals surface area contributed by atoms with Crippen molar-refractivity contribution in [2.45, 2.75) is 92.0 Å². The number of nitrogens with one attached hydrogen (secondary N) is 2. The zero-order chi connectivity index (χ0) is 25.3. The third kappa shape index (κ3) is 8.91. The van der Waals surface area contributed by atoms with Gasteiger partial charge in [0.2, 0.25) is 11.8 Å². The van der Waals surface area contributed by atoms with Gasteiger partial charge >= 0.3 is 6.09 Å². The van der Waals surface area contributed by atoms with Crippen molar-refractivity contribution in [2.75, 3.05) is 12.3 Å². The molecule has 8 heteroatoms. The molecule has 0 radical (unpaired) electrons. The highest BCUT2D eigenvalue weighted by molar-refractivity contribution is 7.80. The van der Waals surface area contributed by atoms with Crippen molar-refractivity contribution < 1.29 is 19.1 Å². The van der Waals surface area contributed by atoms with Gasteiger partial charge in [0, 0.05) is 18.3 Å². The van der Waals surface area contributed by atoms with Crippen molar-refractivity contribution in [3.63, 3.8) is 0 Å². The molecule has 2 unspecified atom stereocenters. The number of carbonyl (C=O) groups is 3. The van der Waals surface area contributed by atoms with Crippen LogP contribution in [0.5, 0.6) is 0 Å². The second kappa shape index (κ2) is 12.9. The largest absolute Gasteiger partial charge is 0.444 e. The summed E-state index contributed by atoms with van der Waals surface area (Å²) in [6.45, 7) is 15.4. The van der Waals surface area contributed by atoms with Crippen molar-refractivity contribution in [1.29, 1.82) is 0 Å². The number of unbranched alkanes of at least 4 members (excludes halogenated alkanes) is 1. The number of alkyl carbamates (subject to hydrolysis) is 1. The number of thiol groups is 1. The molecular weight excluding hydrogens is 438 g/mol. The summed E-state index contributed by atoms with van der Waals surface area (Å²) < 4.78 is 5.33. The minimum absolute atomic E-state index is 0.0754. The predicted octanol–water partition coefficient (Wildman–Crippen LogP) is 4.32. The van der Waals surface area contributed by atoms with E-state index in [1.807, 2.05) is 52.8 Å². The quantitative estimate of drug-likeness (QED) is 0.436. The average molecular weight is 480 g/mol. The number of hydrogen-bond acceptors (Lipinski definition) is 5. The van der Waals surface area contributed by atoms with Crippen LogP contribution < -0.4 is 10.6 Å². The highest BCUT2D eigenvalue weighted by Crippen LogP contribution is 2.28. The van der Waals surface area contributed by atoms with Crippen LogP contribution in [0.1, 0.15) is 77.1 Å². The Kier molecular flexibility index (Phi) is 11.2. The van der Waals surface area contributed by atoms with Gasteiger partial charge < -0.3 is 20.3 Å². The molecule has 0 aliphatic rings. The molecule has 7 nitrogen and oxygen atoms in total. The predicted molar refractivity (Wildman–Crippen MR) is 136 cm³/mol. The number of ether oxygens (including phenoxy) is 1. The van der Waals surface area contributed by atoms with Crippen molar-refractivity contribution in [3.05, 3.63) is 34.9 Å². The maximum Gasteiger partial charge on any atom is 0.408 e. The van der Waals surface area contributed by atoms with Gasteiger partial charge in [-0.2, -0.15) is 12.6 Å². The van der Waals surface area contributed by atoms with Crippen LogP contribution in [0, 0.1) is 13.8 Å². The van der Waals surface area contributed by atoms with E-state index in [4.69, 9.17) is 4.74 Å². The van der Waals surface area contributed by atoms with Gasteiger partial charge in [0.25, 0.3) is 0 Å². The van der Waals surface area contributed by atoms with E-state index in [0.29, 0.717) is 13.0 Å². The number of amides is 3. The minimum Gasteiger partial charge on any atom is -0.444 e. The molecule has 1 aromatic rings. The van der Waals surface area contributed by atoms with Gasteiger partial charge in [0.15, 0.2) is 0 Å². The van der Waals surface area contributed by atoms with Gasteiger partial charge in [-0.05, 0) is 71.6 Å². The summed E-state index contributed by atoms with van der Waals surface area (Å²) in [5.74, 6) is -0.543. The fourth-order valence-corrected chi connectivity index (χ4v) is 3.66. The third-order valence-corrected chi connectivity index (χ3v) is 5.50. The summed E-state index contributed by atoms with van der Waals surface area (Å²) in [6.07, 6.45) is 0.869. The summed E-state index contributed by atoms with van der Waals surface area (Å²) in [7, 11) is 0. The zero-order valence-electron chi connectivity index (χ0n) is 21.3. The number of carbonyl (C=O) groups excluding carboxylic acids is 3. The Balaban J connectivity index is 3.43. The second-order valence-electron chi connectivity index (χ2n) is 9.62. The first-order chi connectivity index (χ1) is 15.3. The Morgan fingerprint density at radius 1 is 1.12 bits per heavy atom. The molecule has 0 aromatic heterocycles. The summed E-state index contributed by atoms with van der Waals surface area (Å²) in [5.41, 5.74) is 2.07. The molecule has 33 heavy (non-hydrogen) atoms. The van der Waals surface area contributed by atoms with Gasteiger partial charge in [-0.1, -0.05) is 31.5 Å². The molecule has 0 saturated carbocycles. The van der Waals surface area contributed by atoms with Crippen molar-refractivity contribution in [2.24, 2.45) is 0 Å². The van der Waals surface area contributed by atoms with Crippen LogP contribution in [0.4, 0.5) is 4.79 Å². The summed E-state index contributed by atoms with van der Waals surface area (Å²) in [6, 6.07) is 3.91. The molecule has 0 heterocycles. The molecule has 0 spiro atoms. The fourth-order valence-electron chi connectivity index (χ4n) is 3.41. The Bertz CT molecular complexity index is 820. The summed E-state index contributed by atoms with van der Waals surface area (Å²) in [4.78, 5) is 41.1. The zero-order valence-corrected chi connectivity index (χ0v) is 22.2. The van der Waals surface area contributed by atoms with Gasteiger partial charge in [0.1, 0.15) is 17.7 Å². The van der Waals surface area contributed by atoms with E-state index in [1.54, 1.807) is 25.7 Å². The molecule has 2 N–H and O–H groups in total. The van der Waals surface area contributed by atoms with E-state index in [9.17, 15) is 14.4 Å². The maximum absolute atomic E-state index is 13.7. The highest BCUT2D eigenvalue weighted by Gasteiger charge is 2.36. The molecule has 1 rings (SSSR count). The molecule has 2 atom stereocenters. The molecule has 3 amide bonds. The van der Waals surface area contributed by atoms with Crippen molar-refractivity contribution in [3.8, 4) is 0 Å². The Morgan fingerprint density at radius 2 is 1.76 bits per heavy atom. The Morgan fingerprint density at radius 3 is 2.27 bits per heavy atom. The molecule has 0 aliphatic heterocycles. The van der Waals surface area contributed by atoms with E-state index >= 15 is 0 Å². The van der Waals surface area contributed by atoms with E-state index in [0.717, 1.165) is 23.1 Å². The first-order valence-corrected chi connectivity index (χ1v) is 12.2. The summed E-state index contributed by atoms with van der Waals surface area (Å²) >= 11 is 4.31. The highest BCUT2D eigenvalue weighted by atomic mass is 32.1. The van der Waals surface area contributed by atoms with Crippen LogP contribution in [0.2, 0.25) is 0 Å². The standard InChI is InChI=1S/C25H41N3O4S/c1-9-10-14-28(23(30)20(15-33)27-24(31)32-25(6,7)8)21(22(29)26-16(2)3)19-13-11-12-17(4)18(19)5/h11-13,16,20-21,33H,9-10,14-15H2,1-8H3,(H,26,29)(H,27,31). The number of rotatable bonds is 10. The first kappa shape index (κ1) is 28.8. The van der Waals surface area contributed by atoms with E-state index in [-0.39, 0.29) is 23.6 Å². The molecule has 0 aliphatic carbocycles. The second-order valence-corrected chi connectivity index (χ2v) is 9.99. The van der Waals surface area contributed by atoms with Crippen LogP contribution in [0.3, 0.4) is 0 Å². The van der Waals surface area contributed by atoms with Gasteiger partial charge in [0.05, 0.1) is 0 Å². The van der Waals surface area contributed by atoms with Crippen LogP contribution in [-0.4, -0.2) is 52.8 Å². The molecule has 186 valence electrons. The molecule has 0 fully saturated rings. The fraction of sp³-hybridized carbons (Fsp3) is 0.640. The van der Waals surface area contributed by atoms with E-state index < -0.39 is 23.8 Å². The number of benzene rings is 1. The van der Waals surface area contributed by atoms with Gasteiger partial charge in [-0.3, -0.25) is 9.59 Å². The number of hydrogen-bond donors (Lipinski definition) is 3. The van der Waals surface area contributed by atoms with Gasteiger partial charge in [-0.15, -0.1) is 0 Å². The smallest absolute Gasteiger partial charge is 0.408 e. The molecule has 0 bridgehead atoms. The maximum atomic E-state index is 13.7. The first-order valence-electron chi connectivity index (χ1n) is 11.6. The topological polar surface area (TPSA) is 87.7 Å². The van der Waals surface area contributed by atoms with Crippen LogP contribution in [0.25, 0.3) is 0 Å². The van der Waals surface area contributed by atoms with E-state index in [1.165, 1.54) is 0 Å². The van der Waals surface area contributed by atoms with Crippen molar-refractivity contribution in [1.82, 2.24) is 15.5 Å². The van der Waals surface area contributed by atoms with Gasteiger partial charge in [-0.25, -0.2) is 4.79 Å². The van der Waals surface area contributed by atoms with E-state index in [2.05, 4.69) is 23.3 Å². The Labute approximate surface area is 204 Å². The monoisotopic (exact) mass is 479 g/mol. The summed E-state index contributed by atoms with van der Waals surface area (Å²) in [5, 5.41) is 5.60. The van der Waals surface area contributed by atoms with Crippen molar-refractivity contribution >= 4 is 30.5 Å². The average Bonchev–Trinajstić information content (AvgIpc) is 2.69. The van der Waals surface area contributed by atoms with Crippen LogP contribution >= 0.6 is 12.6 Å². The lowest BCUT2D eigenvalue weighted by atomic mass is 9.94. The normalized spacial score (nSPS) is 13.3. The minimum atomic E-state index is -0.931. The van der Waals surface area contributed by atoms with Crippen LogP contribution in [0.15, 0.2) is 18.2 Å². The lowest BCUT2D eigenvalue weighted by Gasteiger charge is -2.35. The SMILES string of the molecule is CCCCN(C(=O)C(CS)NC(=O)OC(C)(C)C)C(C(=O)NC(C)C)c1cccc(C)c1C. The molecular formula is C25H41N3O4S.